The smallest absolute Gasteiger partial charge is 0.311 e. The molecule has 0 heterocycles. The molecule has 0 aromatic carbocycles. The van der Waals surface area contributed by atoms with E-state index in [-0.39, 0.29) is 91.2 Å². The van der Waals surface area contributed by atoms with Gasteiger partial charge in [-0.25, -0.2) is 0 Å². The van der Waals surface area contributed by atoms with Crippen molar-refractivity contribution in [1.29, 1.82) is 0 Å². The van der Waals surface area contributed by atoms with Gasteiger partial charge < -0.3 is 28.4 Å². The zero-order valence-electron chi connectivity index (χ0n) is 40.6. The average Bonchev–Trinajstić information content (AvgIpc) is 4.14. The van der Waals surface area contributed by atoms with Crippen LogP contribution in [0.25, 0.3) is 0 Å². The van der Waals surface area contributed by atoms with Crippen LogP contribution in [-0.2, 0) is 47.6 Å². The Labute approximate surface area is 418 Å². The van der Waals surface area contributed by atoms with E-state index in [1.165, 1.54) is 57.8 Å². The van der Waals surface area contributed by atoms with Crippen molar-refractivity contribution in [2.75, 3.05) is 20.2 Å². The molecule has 0 N–H and O–H groups in total. The molecule has 0 saturated heterocycles. The van der Waals surface area contributed by atoms with Gasteiger partial charge in [-0.1, -0.05) is 50.0 Å². The van der Waals surface area contributed by atoms with Gasteiger partial charge in [-0.05, 0) is 237 Å². The van der Waals surface area contributed by atoms with Crippen LogP contribution in [0.3, 0.4) is 0 Å². The number of carbonyl (C=O) groups excluding carboxylic acids is 4. The average molecular weight is 967 g/mol. The zero-order chi connectivity index (χ0) is 45.1. The third kappa shape index (κ3) is 9.63. The molecule has 22 atom stereocenters. The van der Waals surface area contributed by atoms with Crippen molar-refractivity contribution in [3.63, 3.8) is 0 Å². The summed E-state index contributed by atoms with van der Waals surface area (Å²) in [7, 11) is 0. The third-order valence-corrected chi connectivity index (χ3v) is 22.2. The summed E-state index contributed by atoms with van der Waals surface area (Å²) in [4.78, 5) is 51.4. The maximum atomic E-state index is 13.0. The van der Waals surface area contributed by atoms with Crippen LogP contribution in [0, 0.1) is 123 Å². The van der Waals surface area contributed by atoms with Gasteiger partial charge in [0.2, 0.25) is 0 Å². The Morgan fingerprint density at radius 3 is 1.33 bits per heavy atom. The quantitative estimate of drug-likeness (QED) is 0.0515. The van der Waals surface area contributed by atoms with E-state index in [4.69, 9.17) is 28.4 Å². The summed E-state index contributed by atoms with van der Waals surface area (Å²) >= 11 is 0. The summed E-state index contributed by atoms with van der Waals surface area (Å²) in [5.74, 6) is 10.8. The molecule has 0 aromatic heterocycles. The Hall–Kier alpha value is -2.20. The van der Waals surface area contributed by atoms with Crippen LogP contribution in [-0.4, -0.2) is 62.4 Å². The van der Waals surface area contributed by atoms with E-state index in [1.807, 2.05) is 41.5 Å². The first-order valence-corrected chi connectivity index (χ1v) is 27.2. The van der Waals surface area contributed by atoms with Crippen LogP contribution >= 0.6 is 0 Å². The number of hydrogen-bond donors (Lipinski definition) is 0. The lowest BCUT2D eigenvalue weighted by Crippen LogP contribution is -2.43. The maximum absolute atomic E-state index is 13.0. The van der Waals surface area contributed by atoms with Crippen LogP contribution in [0.15, 0.2) is 0 Å². The number of hydrogen-bond acceptors (Lipinski definition) is 10. The van der Waals surface area contributed by atoms with E-state index in [2.05, 4.69) is 0 Å². The predicted molar refractivity (Wildman–Crippen MR) is 268 cm³/mol. The molecule has 0 amide bonds. The van der Waals surface area contributed by atoms with Gasteiger partial charge in [0.25, 0.3) is 0 Å². The summed E-state index contributed by atoms with van der Waals surface area (Å²) in [5, 5.41) is 0. The lowest BCUT2D eigenvalue weighted by Gasteiger charge is -2.41. The molecule has 0 aliphatic heterocycles. The summed E-state index contributed by atoms with van der Waals surface area (Å²) in [6, 6.07) is 0. The Kier molecular flexibility index (Phi) is 16.6. The van der Waals surface area contributed by atoms with E-state index >= 15 is 0 Å². The van der Waals surface area contributed by atoms with Gasteiger partial charge in [0.15, 0.2) is 13.6 Å². The second-order valence-corrected chi connectivity index (χ2v) is 25.8. The first-order valence-electron chi connectivity index (χ1n) is 27.2. The van der Waals surface area contributed by atoms with Gasteiger partial charge in [0, 0.05) is 0 Å². The first kappa shape index (κ1) is 54.6. The number of fused-ring (bicyclic) bond motifs is 22. The molecular weight excluding hydrogens is 869 g/mol. The van der Waals surface area contributed by atoms with E-state index in [9.17, 15) is 19.2 Å². The van der Waals surface area contributed by atoms with Crippen LogP contribution in [0.1, 0.15) is 187 Å². The molecule has 10 heteroatoms. The molecular formula is C59H98O10. The van der Waals surface area contributed by atoms with Crippen molar-refractivity contribution in [2.45, 2.75) is 205 Å². The van der Waals surface area contributed by atoms with Crippen molar-refractivity contribution in [2.24, 2.45) is 123 Å². The highest BCUT2D eigenvalue weighted by Crippen LogP contribution is 2.71. The maximum Gasteiger partial charge on any atom is 0.311 e. The van der Waals surface area contributed by atoms with Gasteiger partial charge in [0.05, 0.1) is 35.4 Å². The molecule has 69 heavy (non-hydrogen) atoms. The van der Waals surface area contributed by atoms with Crippen molar-refractivity contribution < 1.29 is 47.6 Å². The SMILES string of the molecule is C.C.C.C.CCC(C)(C)C(=O)OC1CC2CC1C1C3CC(CC3C(=O)OCOC3CC4CCC3C4)C21.CCC(C)(C)C(=O)OC1CC2CC1C1C3CC(CC3C(=O)OCOCC3CC4CCC3C4)C21. The summed E-state index contributed by atoms with van der Waals surface area (Å²) in [6.45, 7) is 13.0. The largest absolute Gasteiger partial charge is 0.462 e. The van der Waals surface area contributed by atoms with Crippen LogP contribution in [0.4, 0.5) is 0 Å². The highest BCUT2D eigenvalue weighted by molar-refractivity contribution is 5.77. The van der Waals surface area contributed by atoms with Crippen LogP contribution in [0.5, 0.6) is 0 Å². The van der Waals surface area contributed by atoms with Gasteiger partial charge >= 0.3 is 23.9 Å². The fourth-order valence-corrected chi connectivity index (χ4v) is 18.4. The van der Waals surface area contributed by atoms with Crippen molar-refractivity contribution in [1.82, 2.24) is 0 Å². The molecule has 0 spiro atoms. The van der Waals surface area contributed by atoms with Crippen molar-refractivity contribution in [3.8, 4) is 0 Å². The number of rotatable bonds is 15. The lowest BCUT2D eigenvalue weighted by molar-refractivity contribution is -0.174. The summed E-state index contributed by atoms with van der Waals surface area (Å²) in [6.07, 6.45) is 21.3. The minimum atomic E-state index is -0.416. The van der Waals surface area contributed by atoms with Crippen molar-refractivity contribution >= 4 is 23.9 Å². The monoisotopic (exact) mass is 967 g/mol. The van der Waals surface area contributed by atoms with E-state index < -0.39 is 10.8 Å². The second kappa shape index (κ2) is 21.0. The van der Waals surface area contributed by atoms with Gasteiger partial charge in [-0.15, -0.1) is 0 Å². The summed E-state index contributed by atoms with van der Waals surface area (Å²) in [5.41, 5.74) is -0.832. The van der Waals surface area contributed by atoms with Gasteiger partial charge in [0.1, 0.15) is 12.2 Å². The second-order valence-electron chi connectivity index (χ2n) is 25.8. The molecule has 10 nitrogen and oxygen atoms in total. The topological polar surface area (TPSA) is 124 Å². The molecule has 394 valence electrons. The molecule has 0 aromatic rings. The van der Waals surface area contributed by atoms with Crippen molar-refractivity contribution in [3.05, 3.63) is 0 Å². The minimum Gasteiger partial charge on any atom is -0.462 e. The Bertz CT molecular complexity index is 1830. The highest BCUT2D eigenvalue weighted by atomic mass is 16.7. The number of ether oxygens (including phenoxy) is 6. The number of carbonyl (C=O) groups is 4. The molecule has 12 rings (SSSR count). The standard InChI is InChI=1S/C28H42O5.C27H40O5.4CH4/c1-4-28(2,3)27(30)33-23-12-18-11-22(23)25-20-9-17(24(18)25)10-21(20)26(29)32-14-31-13-19-8-15-5-6-16(19)7-15;1-4-27(2,3)26(29)32-22-12-17-11-20(22)24-18-9-16(23(17)24)10-19(18)25(28)31-13-30-21-8-14-5-6-15(21)7-14;;;;/h15-25H,4-14H2,1-3H3;14-24H,4-13H2,1-3H3;4*1H4. The van der Waals surface area contributed by atoms with E-state index in [1.54, 1.807) is 0 Å². The Morgan fingerprint density at radius 1 is 0.449 bits per heavy atom. The Balaban J connectivity index is 0.000000193. The fourth-order valence-electron chi connectivity index (χ4n) is 18.4. The van der Waals surface area contributed by atoms with Crippen LogP contribution < -0.4 is 0 Å². The lowest BCUT2D eigenvalue weighted by atomic mass is 9.66. The molecule has 12 saturated carbocycles. The zero-order valence-corrected chi connectivity index (χ0v) is 40.6. The van der Waals surface area contributed by atoms with E-state index in [0.29, 0.717) is 77.1 Å². The minimum absolute atomic E-state index is 0. The molecule has 12 bridgehead atoms. The first-order chi connectivity index (χ1) is 31.2. The van der Waals surface area contributed by atoms with Crippen LogP contribution in [0.2, 0.25) is 0 Å². The Morgan fingerprint density at radius 2 is 0.899 bits per heavy atom. The molecule has 0 radical (unpaired) electrons. The highest BCUT2D eigenvalue weighted by Gasteiger charge is 2.68. The molecule has 22 unspecified atom stereocenters. The third-order valence-electron chi connectivity index (χ3n) is 22.2. The molecule has 12 fully saturated rings. The summed E-state index contributed by atoms with van der Waals surface area (Å²) < 4.78 is 35.3. The van der Waals surface area contributed by atoms with Gasteiger partial charge in [-0.3, -0.25) is 19.2 Å². The number of esters is 4. The fraction of sp³-hybridized carbons (Fsp3) is 0.932. The predicted octanol–water partition coefficient (Wildman–Crippen LogP) is 12.7. The van der Waals surface area contributed by atoms with Gasteiger partial charge in [-0.2, -0.15) is 0 Å². The molecule has 12 aliphatic rings. The molecule has 12 aliphatic carbocycles. The normalized spacial score (nSPS) is 44.5. The van der Waals surface area contributed by atoms with E-state index in [0.717, 1.165) is 94.0 Å².